The summed E-state index contributed by atoms with van der Waals surface area (Å²) in [5.41, 5.74) is 5.11. The number of halogens is 1. The van der Waals surface area contributed by atoms with Gasteiger partial charge in [0.25, 0.3) is 0 Å². The molecule has 8 nitrogen and oxygen atoms in total. The molecule has 0 N–H and O–H groups in total. The van der Waals surface area contributed by atoms with E-state index in [4.69, 9.17) is 32.5 Å². The summed E-state index contributed by atoms with van der Waals surface area (Å²) in [6.07, 6.45) is 14.2. The SMILES string of the molecule is CCC[CH2][Sn](/[CH]=C/[C@H](OC)C(OC(=O)/C(=C/C(C)=C/[C@@H](C)[C@@H](O[Si](CC)(CC)C(C)C)[C@@H](CC)[C@@H](O[Si](CC)(CC)C(C)C)[C@H](C)C/C(C)=C/I)OC)[C@@H](C)COC(c1ccccc1)(c1ccccc1)c1ccc(OC)cc1)([CH2]CCC)[CH2]CCC. The minimum atomic E-state index is -2.88. The minimum absolute atomic E-state index is 0.0141. The van der Waals surface area contributed by atoms with Gasteiger partial charge in [0.05, 0.1) is 13.2 Å². The van der Waals surface area contributed by atoms with Crippen LogP contribution in [-0.2, 0) is 38.2 Å². The van der Waals surface area contributed by atoms with Crippen molar-refractivity contribution >= 4 is 63.6 Å². The predicted molar refractivity (Wildman–Crippen MR) is 382 cm³/mol. The molecule has 3 aromatic rings. The van der Waals surface area contributed by atoms with Crippen molar-refractivity contribution in [2.75, 3.05) is 27.9 Å². The number of methoxy groups -OCH3 is 3. The molecule has 3 rings (SSSR count). The zero-order valence-corrected chi connectivity index (χ0v) is 64.7. The maximum atomic E-state index is 15.2. The van der Waals surface area contributed by atoms with Crippen LogP contribution in [0.5, 0.6) is 5.75 Å². The van der Waals surface area contributed by atoms with E-state index in [1.165, 1.54) is 57.4 Å². The molecule has 0 aliphatic heterocycles. The van der Waals surface area contributed by atoms with Crippen LogP contribution in [0, 0.1) is 23.7 Å². The first-order valence-electron chi connectivity index (χ1n) is 33.5. The molecule has 12 heteroatoms. The molecule has 0 heterocycles. The third-order valence-electron chi connectivity index (χ3n) is 19.3. The maximum absolute atomic E-state index is 15.2. The van der Waals surface area contributed by atoms with Gasteiger partial charge >= 0.3 is 339 Å². The summed E-state index contributed by atoms with van der Waals surface area (Å²) in [6.45, 7) is 39.6. The van der Waals surface area contributed by atoms with Crippen molar-refractivity contribution < 1.29 is 37.3 Å². The van der Waals surface area contributed by atoms with Crippen molar-refractivity contribution in [3.05, 3.63) is 145 Å². The Morgan fingerprint density at radius 1 is 0.628 bits per heavy atom. The van der Waals surface area contributed by atoms with E-state index in [2.05, 4.69) is 221 Å². The van der Waals surface area contributed by atoms with E-state index >= 15 is 4.79 Å². The zero-order valence-electron chi connectivity index (χ0n) is 57.7. The molecule has 0 aliphatic carbocycles. The Morgan fingerprint density at radius 2 is 1.10 bits per heavy atom. The molecular weight excluding hydrogens is 1320 g/mol. The van der Waals surface area contributed by atoms with Gasteiger partial charge in [-0.3, -0.25) is 0 Å². The normalized spacial score (nSPS) is 16.2. The van der Waals surface area contributed by atoms with Gasteiger partial charge in [-0.2, -0.15) is 0 Å². The topological polar surface area (TPSA) is 81.7 Å². The third-order valence-corrected chi connectivity index (χ3v) is 45.0. The average Bonchev–Trinajstić information content (AvgIpc) is 0.972. The molecule has 0 fully saturated rings. The van der Waals surface area contributed by atoms with Gasteiger partial charge < -0.3 is 13.6 Å². The summed E-state index contributed by atoms with van der Waals surface area (Å²) < 4.78 is 57.3. The molecular formula is C74H121IO8Si2Sn. The molecule has 0 radical (unpaired) electrons. The number of hydrogen-bond donors (Lipinski definition) is 0. The van der Waals surface area contributed by atoms with Gasteiger partial charge in [0.2, 0.25) is 0 Å². The van der Waals surface area contributed by atoms with Crippen LogP contribution in [0.3, 0.4) is 0 Å². The number of carbonyl (C=O) groups excluding carboxylic acids is 1. The first-order chi connectivity index (χ1) is 41.1. The van der Waals surface area contributed by atoms with Crippen molar-refractivity contribution in [2.45, 2.75) is 248 Å². The Morgan fingerprint density at radius 3 is 1.51 bits per heavy atom. The van der Waals surface area contributed by atoms with Crippen LogP contribution in [0.15, 0.2) is 128 Å². The van der Waals surface area contributed by atoms with E-state index in [0.29, 0.717) is 11.1 Å². The Labute approximate surface area is 546 Å². The van der Waals surface area contributed by atoms with Crippen LogP contribution in [-0.4, -0.2) is 93.3 Å². The molecule has 1 unspecified atom stereocenters. The fraction of sp³-hybridized carbons (Fsp3) is 0.635. The van der Waals surface area contributed by atoms with Crippen molar-refractivity contribution in [3.8, 4) is 5.75 Å². The molecule has 0 aromatic heterocycles. The summed E-state index contributed by atoms with van der Waals surface area (Å²) in [6, 6.07) is 33.2. The predicted octanol–water partition coefficient (Wildman–Crippen LogP) is 21.6. The van der Waals surface area contributed by atoms with Crippen LogP contribution in [0.4, 0.5) is 0 Å². The second-order valence-electron chi connectivity index (χ2n) is 25.7. The van der Waals surface area contributed by atoms with Gasteiger partial charge in [-0.25, -0.2) is 0 Å². The number of benzene rings is 3. The number of hydrogen-bond acceptors (Lipinski definition) is 8. The monoisotopic (exact) mass is 1440 g/mol. The molecule has 86 heavy (non-hydrogen) atoms. The summed E-state index contributed by atoms with van der Waals surface area (Å²) >= 11 is -0.483. The first-order valence-corrected chi connectivity index (χ1v) is 47.3. The number of allylic oxidation sites excluding steroid dienone is 3. The van der Waals surface area contributed by atoms with Gasteiger partial charge in [-0.05, 0) is 65.0 Å². The van der Waals surface area contributed by atoms with E-state index in [0.717, 1.165) is 65.0 Å². The standard InChI is InChI=1S/C62H94IO8Si2.3C4H9.Sn/c1-19-55(59(49(14)40-47(12)42-63)71-73(23-5,24-6)45(9)10)58(70-72(21-3,22-4)44(7)8)48(13)39-46(11)41-57(67-18)61(64)69-60(56(20-2)66-17)50(15)43-68-62(51-31-27-25-28-32-51,52-33-29-26-30-34-52)53-35-37-54(65-16)38-36-53;3*1-3-4-2;/h2,20,25-39,41-42,44-45,48-50,55-56,58-60H,19,21-24,40,43H2,1,3-18H3;3*1,3-4H2,2H3;/b20-2?,46-39+,47-42+,57-41-;;;;/t48-,49-,50+,55-,56+,58-,59+,60?;;;;/m1..../s1. The summed E-state index contributed by atoms with van der Waals surface area (Å²) in [5, 5.41) is 0. The van der Waals surface area contributed by atoms with Crippen LogP contribution >= 0.6 is 22.6 Å². The summed E-state index contributed by atoms with van der Waals surface area (Å²) in [4.78, 5) is 15.2. The second-order valence-corrected chi connectivity index (χ2v) is 49.2. The van der Waals surface area contributed by atoms with Gasteiger partial charge in [0.1, 0.15) is 0 Å². The third kappa shape index (κ3) is 21.6. The van der Waals surface area contributed by atoms with Crippen LogP contribution < -0.4 is 4.74 Å². The van der Waals surface area contributed by atoms with Crippen LogP contribution in [0.1, 0.15) is 186 Å². The second kappa shape index (κ2) is 39.7. The fourth-order valence-electron chi connectivity index (χ4n) is 13.6. The molecule has 3 aromatic carbocycles. The molecule has 8 atom stereocenters. The Kier molecular flexibility index (Phi) is 35.9. The zero-order chi connectivity index (χ0) is 64.1. The summed E-state index contributed by atoms with van der Waals surface area (Å²) in [7, 11) is 0.628. The van der Waals surface area contributed by atoms with Gasteiger partial charge in [0, 0.05) is 5.92 Å². The van der Waals surface area contributed by atoms with Crippen molar-refractivity contribution in [3.63, 3.8) is 0 Å². The van der Waals surface area contributed by atoms with E-state index in [9.17, 15) is 0 Å². The molecule has 484 valence electrons. The quantitative estimate of drug-likeness (QED) is 0.0105. The molecule has 0 bridgehead atoms. The van der Waals surface area contributed by atoms with Crippen LogP contribution in [0.25, 0.3) is 0 Å². The molecule has 0 saturated heterocycles. The Balaban J connectivity index is 2.34. The fourth-order valence-corrected chi connectivity index (χ4v) is 35.5. The van der Waals surface area contributed by atoms with Crippen molar-refractivity contribution in [2.24, 2.45) is 23.7 Å². The number of ether oxygens (including phenoxy) is 5. The number of esters is 1. The van der Waals surface area contributed by atoms with Crippen molar-refractivity contribution in [1.82, 2.24) is 0 Å². The molecule has 0 saturated carbocycles. The van der Waals surface area contributed by atoms with Gasteiger partial charge in [-0.15, -0.1) is 0 Å². The van der Waals surface area contributed by atoms with E-state index in [-0.39, 0.29) is 48.2 Å². The Bertz CT molecular complexity index is 2410. The number of carbonyl (C=O) groups is 1. The molecule has 0 aliphatic rings. The first kappa shape index (κ1) is 77.7. The Hall–Kier alpha value is -2.51. The van der Waals surface area contributed by atoms with E-state index in [1.54, 1.807) is 21.3 Å². The van der Waals surface area contributed by atoms with E-state index in [1.807, 2.05) is 30.3 Å². The van der Waals surface area contributed by atoms with Crippen molar-refractivity contribution in [1.29, 1.82) is 0 Å². The summed E-state index contributed by atoms with van der Waals surface area (Å²) in [5.74, 6) is 0.423. The van der Waals surface area contributed by atoms with Crippen LogP contribution in [0.2, 0.25) is 48.6 Å². The van der Waals surface area contributed by atoms with Gasteiger partial charge in [-0.1, -0.05) is 97.4 Å². The number of rotatable bonds is 43. The van der Waals surface area contributed by atoms with E-state index < -0.39 is 58.8 Å². The average molecular weight is 1440 g/mol. The number of unbranched alkanes of at least 4 members (excludes halogenated alkanes) is 3. The molecule has 0 amide bonds. The molecule has 0 spiro atoms. The van der Waals surface area contributed by atoms with Gasteiger partial charge in [0.15, 0.2) is 16.6 Å².